The normalized spacial score (nSPS) is 27.5. The molecule has 1 aromatic rings. The largest absolute Gasteiger partial charge is 0.371 e. The Hall–Kier alpha value is -1.11. The van der Waals surface area contributed by atoms with E-state index in [1.165, 1.54) is 0 Å². The second kappa shape index (κ2) is 4.22. The zero-order valence-electron chi connectivity index (χ0n) is 10.0. The van der Waals surface area contributed by atoms with Gasteiger partial charge in [-0.2, -0.15) is 0 Å². The first-order chi connectivity index (χ1) is 8.54. The molecule has 0 radical (unpaired) electrons. The van der Waals surface area contributed by atoms with Gasteiger partial charge in [0.15, 0.2) is 0 Å². The summed E-state index contributed by atoms with van der Waals surface area (Å²) in [5, 5.41) is 8.49. The molecule has 5 nitrogen and oxygen atoms in total. The van der Waals surface area contributed by atoms with Crippen LogP contribution in [0.5, 0.6) is 0 Å². The standard InChI is InChI=1S/C12H17N3O2S/c13-18(16,17)12-3-1-11(2-4-12)15-7-9-5-14-6-10(9)8-15/h1-4,9-10,14H,5-8H2,(H2,13,16,17)/t9-,10+. The average molecular weight is 267 g/mol. The van der Waals surface area contributed by atoms with Crippen molar-refractivity contribution in [3.05, 3.63) is 24.3 Å². The predicted molar refractivity (Wildman–Crippen MR) is 69.9 cm³/mol. The molecule has 1 aromatic carbocycles. The first-order valence-electron chi connectivity index (χ1n) is 6.12. The highest BCUT2D eigenvalue weighted by Crippen LogP contribution is 2.30. The molecule has 6 heteroatoms. The van der Waals surface area contributed by atoms with Crippen molar-refractivity contribution in [2.24, 2.45) is 17.0 Å². The van der Waals surface area contributed by atoms with E-state index in [4.69, 9.17) is 5.14 Å². The first kappa shape index (κ1) is 12.0. The monoisotopic (exact) mass is 267 g/mol. The molecule has 2 aliphatic rings. The Kier molecular flexibility index (Phi) is 2.80. The second-order valence-corrected chi connectivity index (χ2v) is 6.68. The van der Waals surface area contributed by atoms with Crippen LogP contribution in [0.1, 0.15) is 0 Å². The minimum absolute atomic E-state index is 0.173. The van der Waals surface area contributed by atoms with Crippen LogP contribution in [-0.2, 0) is 10.0 Å². The number of benzene rings is 1. The van der Waals surface area contributed by atoms with Gasteiger partial charge in [0.05, 0.1) is 4.90 Å². The van der Waals surface area contributed by atoms with E-state index in [1.807, 2.05) is 12.1 Å². The first-order valence-corrected chi connectivity index (χ1v) is 7.67. The van der Waals surface area contributed by atoms with Crippen LogP contribution in [0.2, 0.25) is 0 Å². The maximum Gasteiger partial charge on any atom is 0.238 e. The molecule has 3 N–H and O–H groups in total. The third-order valence-corrected chi connectivity index (χ3v) is 4.85. The molecule has 0 saturated carbocycles. The quantitative estimate of drug-likeness (QED) is 0.790. The number of nitrogens with zero attached hydrogens (tertiary/aromatic N) is 1. The molecule has 0 aromatic heterocycles. The van der Waals surface area contributed by atoms with Crippen LogP contribution in [0.15, 0.2) is 29.2 Å². The summed E-state index contributed by atoms with van der Waals surface area (Å²) in [5.41, 5.74) is 1.08. The van der Waals surface area contributed by atoms with Crippen molar-refractivity contribution in [3.63, 3.8) is 0 Å². The summed E-state index contributed by atoms with van der Waals surface area (Å²) in [6.45, 7) is 4.28. The van der Waals surface area contributed by atoms with Gasteiger partial charge >= 0.3 is 0 Å². The van der Waals surface area contributed by atoms with Crippen molar-refractivity contribution >= 4 is 15.7 Å². The number of hydrogen-bond acceptors (Lipinski definition) is 4. The van der Waals surface area contributed by atoms with Gasteiger partial charge in [0.1, 0.15) is 0 Å². The van der Waals surface area contributed by atoms with Gasteiger partial charge in [-0.05, 0) is 36.1 Å². The van der Waals surface area contributed by atoms with Crippen molar-refractivity contribution in [2.75, 3.05) is 31.1 Å². The fourth-order valence-electron chi connectivity index (χ4n) is 2.91. The van der Waals surface area contributed by atoms with E-state index in [0.717, 1.165) is 43.7 Å². The van der Waals surface area contributed by atoms with E-state index < -0.39 is 10.0 Å². The summed E-state index contributed by atoms with van der Waals surface area (Å²) < 4.78 is 22.4. The maximum absolute atomic E-state index is 11.2. The number of anilines is 1. The van der Waals surface area contributed by atoms with Crippen LogP contribution in [0.25, 0.3) is 0 Å². The molecule has 0 unspecified atom stereocenters. The molecule has 0 bridgehead atoms. The third kappa shape index (κ3) is 2.11. The van der Waals surface area contributed by atoms with Crippen LogP contribution >= 0.6 is 0 Å². The predicted octanol–water partition coefficient (Wildman–Crippen LogP) is -0.0104. The van der Waals surface area contributed by atoms with Gasteiger partial charge in [0.2, 0.25) is 10.0 Å². The van der Waals surface area contributed by atoms with Gasteiger partial charge < -0.3 is 10.2 Å². The van der Waals surface area contributed by atoms with Gasteiger partial charge in [-0.3, -0.25) is 0 Å². The van der Waals surface area contributed by atoms with Crippen molar-refractivity contribution < 1.29 is 8.42 Å². The van der Waals surface area contributed by atoms with Crippen LogP contribution in [0.3, 0.4) is 0 Å². The van der Waals surface area contributed by atoms with Crippen LogP contribution < -0.4 is 15.4 Å². The summed E-state index contributed by atoms with van der Waals surface area (Å²) in [4.78, 5) is 2.50. The van der Waals surface area contributed by atoms with E-state index in [9.17, 15) is 8.42 Å². The number of rotatable bonds is 2. The van der Waals surface area contributed by atoms with E-state index in [1.54, 1.807) is 12.1 Å². The lowest BCUT2D eigenvalue weighted by atomic mass is 10.0. The lowest BCUT2D eigenvalue weighted by molar-refractivity contribution is 0.533. The number of sulfonamides is 1. The zero-order valence-corrected chi connectivity index (χ0v) is 10.9. The molecule has 18 heavy (non-hydrogen) atoms. The molecule has 0 amide bonds. The highest BCUT2D eigenvalue weighted by molar-refractivity contribution is 7.89. The Labute approximate surface area is 107 Å². The number of fused-ring (bicyclic) bond motifs is 1. The Bertz CT molecular complexity index is 529. The summed E-state index contributed by atoms with van der Waals surface area (Å²) in [7, 11) is -3.59. The SMILES string of the molecule is NS(=O)(=O)c1ccc(N2C[C@H]3CNC[C@H]3C2)cc1. The van der Waals surface area contributed by atoms with Crippen molar-refractivity contribution in [1.29, 1.82) is 0 Å². The van der Waals surface area contributed by atoms with Crippen molar-refractivity contribution in [3.8, 4) is 0 Å². The molecule has 2 saturated heterocycles. The van der Waals surface area contributed by atoms with Gasteiger partial charge in [0, 0.05) is 31.9 Å². The fraction of sp³-hybridized carbons (Fsp3) is 0.500. The van der Waals surface area contributed by atoms with Gasteiger partial charge in [-0.15, -0.1) is 0 Å². The fourth-order valence-corrected chi connectivity index (χ4v) is 3.43. The zero-order chi connectivity index (χ0) is 12.8. The minimum Gasteiger partial charge on any atom is -0.371 e. The Morgan fingerprint density at radius 2 is 1.67 bits per heavy atom. The molecule has 2 aliphatic heterocycles. The minimum atomic E-state index is -3.59. The molecule has 2 heterocycles. The van der Waals surface area contributed by atoms with E-state index >= 15 is 0 Å². The Morgan fingerprint density at radius 3 is 2.17 bits per heavy atom. The maximum atomic E-state index is 11.2. The van der Waals surface area contributed by atoms with Gasteiger partial charge in [-0.25, -0.2) is 13.6 Å². The number of nitrogens with two attached hydrogens (primary N) is 1. The molecule has 0 aliphatic carbocycles. The molecule has 98 valence electrons. The topological polar surface area (TPSA) is 75.4 Å². The number of nitrogens with one attached hydrogen (secondary N) is 1. The average Bonchev–Trinajstić information content (AvgIpc) is 2.88. The molecular weight excluding hydrogens is 250 g/mol. The Morgan fingerprint density at radius 1 is 1.11 bits per heavy atom. The lowest BCUT2D eigenvalue weighted by Crippen LogP contribution is -2.25. The van der Waals surface area contributed by atoms with Crippen molar-refractivity contribution in [1.82, 2.24) is 5.32 Å². The summed E-state index contributed by atoms with van der Waals surface area (Å²) in [6, 6.07) is 6.84. The van der Waals surface area contributed by atoms with E-state index in [0.29, 0.717) is 0 Å². The molecular formula is C12H17N3O2S. The smallest absolute Gasteiger partial charge is 0.238 e. The number of primary sulfonamides is 1. The van der Waals surface area contributed by atoms with E-state index in [-0.39, 0.29) is 4.90 Å². The molecule has 0 spiro atoms. The highest BCUT2D eigenvalue weighted by Gasteiger charge is 2.36. The van der Waals surface area contributed by atoms with Gasteiger partial charge in [0.25, 0.3) is 0 Å². The number of hydrogen-bond donors (Lipinski definition) is 2. The summed E-state index contributed by atoms with van der Waals surface area (Å²) >= 11 is 0. The summed E-state index contributed by atoms with van der Waals surface area (Å²) in [5.74, 6) is 1.45. The second-order valence-electron chi connectivity index (χ2n) is 5.12. The molecule has 2 fully saturated rings. The lowest BCUT2D eigenvalue weighted by Gasteiger charge is -2.19. The Balaban J connectivity index is 1.78. The van der Waals surface area contributed by atoms with Crippen LogP contribution in [-0.4, -0.2) is 34.6 Å². The van der Waals surface area contributed by atoms with Gasteiger partial charge in [-0.1, -0.05) is 0 Å². The highest BCUT2D eigenvalue weighted by atomic mass is 32.2. The van der Waals surface area contributed by atoms with E-state index in [2.05, 4.69) is 10.2 Å². The summed E-state index contributed by atoms with van der Waals surface area (Å²) in [6.07, 6.45) is 0. The van der Waals surface area contributed by atoms with Crippen LogP contribution in [0, 0.1) is 11.8 Å². The molecule has 3 rings (SSSR count). The van der Waals surface area contributed by atoms with Crippen LogP contribution in [0.4, 0.5) is 5.69 Å². The third-order valence-electron chi connectivity index (χ3n) is 3.92. The molecule has 2 atom stereocenters. The van der Waals surface area contributed by atoms with Crippen molar-refractivity contribution in [2.45, 2.75) is 4.90 Å².